The minimum atomic E-state index is -3.39. The van der Waals surface area contributed by atoms with Gasteiger partial charge in [0.15, 0.2) is 0 Å². The highest BCUT2D eigenvalue weighted by Crippen LogP contribution is 2.28. The quantitative estimate of drug-likeness (QED) is 0.714. The molecule has 0 spiro atoms. The van der Waals surface area contributed by atoms with Crippen molar-refractivity contribution in [3.8, 4) is 0 Å². The van der Waals surface area contributed by atoms with Crippen LogP contribution in [-0.2, 0) is 19.6 Å². The summed E-state index contributed by atoms with van der Waals surface area (Å²) in [7, 11) is -2.03. The number of hydrogen-bond donors (Lipinski definition) is 0. The van der Waals surface area contributed by atoms with E-state index in [9.17, 15) is 18.0 Å². The molecule has 2 fully saturated rings. The van der Waals surface area contributed by atoms with E-state index in [1.807, 2.05) is 16.8 Å². The van der Waals surface area contributed by atoms with E-state index in [2.05, 4.69) is 0 Å². The number of likely N-dealkylation sites (tertiary alicyclic amines) is 1. The molecule has 2 aliphatic rings. The molecule has 0 aliphatic carbocycles. The van der Waals surface area contributed by atoms with Gasteiger partial charge in [0.05, 0.1) is 13.4 Å². The van der Waals surface area contributed by atoms with E-state index in [4.69, 9.17) is 4.74 Å². The number of sulfonamides is 1. The topological polar surface area (TPSA) is 88.9 Å². The Balaban J connectivity index is 1.66. The third-order valence-corrected chi connectivity index (χ3v) is 6.80. The molecule has 0 saturated carbocycles. The second-order valence-electron chi connectivity index (χ2n) is 7.23. The molecule has 8 nitrogen and oxygen atoms in total. The highest BCUT2D eigenvalue weighted by molar-refractivity contribution is 7.88. The molecule has 27 heavy (non-hydrogen) atoms. The van der Waals surface area contributed by atoms with Crippen LogP contribution in [0.15, 0.2) is 18.3 Å². The van der Waals surface area contributed by atoms with Crippen molar-refractivity contribution in [2.45, 2.75) is 44.2 Å². The van der Waals surface area contributed by atoms with E-state index >= 15 is 0 Å². The Morgan fingerprint density at radius 3 is 2.44 bits per heavy atom. The van der Waals surface area contributed by atoms with Gasteiger partial charge in [0.1, 0.15) is 11.7 Å². The average Bonchev–Trinajstić information content (AvgIpc) is 3.16. The number of esters is 1. The second kappa shape index (κ2) is 8.02. The third-order valence-electron chi connectivity index (χ3n) is 5.51. The van der Waals surface area contributed by atoms with Gasteiger partial charge in [-0.3, -0.25) is 4.79 Å². The molecule has 0 bridgehead atoms. The number of carbonyl (C=O) groups excluding carboxylic acids is 2. The molecule has 3 rings (SSSR count). The Bertz CT molecular complexity index is 796. The van der Waals surface area contributed by atoms with Crippen LogP contribution in [0.5, 0.6) is 0 Å². The standard InChI is InChI=1S/C18H27N3O5S/c1-26-18(23)16-7-5-10-20(16)14-8-12-19(13-9-14)17(22)15-6-3-4-11-21(15)27(2,24)25/h5,7,10,14-15H,3-4,6,8-9,11-13H2,1-2H3. The summed E-state index contributed by atoms with van der Waals surface area (Å²) in [5.41, 5.74) is 0.512. The van der Waals surface area contributed by atoms with Gasteiger partial charge in [-0.05, 0) is 37.8 Å². The van der Waals surface area contributed by atoms with E-state index in [-0.39, 0.29) is 17.9 Å². The highest BCUT2D eigenvalue weighted by Gasteiger charge is 2.38. The van der Waals surface area contributed by atoms with Crippen LogP contribution in [0, 0.1) is 0 Å². The van der Waals surface area contributed by atoms with Crippen molar-refractivity contribution in [2.75, 3.05) is 33.0 Å². The van der Waals surface area contributed by atoms with Gasteiger partial charge >= 0.3 is 5.97 Å². The number of amides is 1. The minimum absolute atomic E-state index is 0.0979. The lowest BCUT2D eigenvalue weighted by molar-refractivity contribution is -0.137. The molecule has 0 N–H and O–H groups in total. The molecule has 1 aromatic heterocycles. The molecule has 1 aromatic rings. The highest BCUT2D eigenvalue weighted by atomic mass is 32.2. The molecule has 1 unspecified atom stereocenters. The summed E-state index contributed by atoms with van der Waals surface area (Å²) in [5.74, 6) is -0.469. The van der Waals surface area contributed by atoms with Crippen LogP contribution < -0.4 is 0 Å². The predicted molar refractivity (Wildman–Crippen MR) is 99.8 cm³/mol. The average molecular weight is 397 g/mol. The van der Waals surface area contributed by atoms with E-state index in [0.717, 1.165) is 25.7 Å². The van der Waals surface area contributed by atoms with Gasteiger partial charge in [-0.1, -0.05) is 6.42 Å². The van der Waals surface area contributed by atoms with Gasteiger partial charge in [0.25, 0.3) is 0 Å². The van der Waals surface area contributed by atoms with Crippen LogP contribution in [0.2, 0.25) is 0 Å². The number of ether oxygens (including phenoxy) is 1. The largest absolute Gasteiger partial charge is 0.464 e. The third kappa shape index (κ3) is 4.19. The molecule has 2 saturated heterocycles. The van der Waals surface area contributed by atoms with Gasteiger partial charge < -0.3 is 14.2 Å². The van der Waals surface area contributed by atoms with Gasteiger partial charge in [-0.15, -0.1) is 0 Å². The number of hydrogen-bond acceptors (Lipinski definition) is 5. The normalized spacial score (nSPS) is 22.6. The summed E-state index contributed by atoms with van der Waals surface area (Å²) in [6.07, 6.45) is 6.71. The fourth-order valence-corrected chi connectivity index (χ4v) is 5.23. The second-order valence-corrected chi connectivity index (χ2v) is 9.17. The van der Waals surface area contributed by atoms with Crippen molar-refractivity contribution in [1.82, 2.24) is 13.8 Å². The molecule has 9 heteroatoms. The maximum atomic E-state index is 13.0. The molecular weight excluding hydrogens is 370 g/mol. The number of methoxy groups -OCH3 is 1. The zero-order valence-corrected chi connectivity index (χ0v) is 16.7. The first-order valence-corrected chi connectivity index (χ1v) is 11.2. The first-order valence-electron chi connectivity index (χ1n) is 9.33. The maximum absolute atomic E-state index is 13.0. The van der Waals surface area contributed by atoms with Crippen LogP contribution in [0.25, 0.3) is 0 Å². The van der Waals surface area contributed by atoms with Gasteiger partial charge in [-0.25, -0.2) is 13.2 Å². The summed E-state index contributed by atoms with van der Waals surface area (Å²) in [6.45, 7) is 1.52. The fraction of sp³-hybridized carbons (Fsp3) is 0.667. The number of aromatic nitrogens is 1. The van der Waals surface area contributed by atoms with Crippen LogP contribution >= 0.6 is 0 Å². The molecule has 2 aliphatic heterocycles. The number of rotatable bonds is 4. The summed E-state index contributed by atoms with van der Waals surface area (Å²) >= 11 is 0. The summed E-state index contributed by atoms with van der Waals surface area (Å²) in [5, 5.41) is 0. The van der Waals surface area contributed by atoms with Gasteiger partial charge in [-0.2, -0.15) is 4.31 Å². The lowest BCUT2D eigenvalue weighted by Crippen LogP contribution is -2.54. The molecule has 0 aromatic carbocycles. The molecule has 1 amide bonds. The molecule has 3 heterocycles. The van der Waals surface area contributed by atoms with Crippen LogP contribution in [-0.4, -0.2) is 73.1 Å². The fourth-order valence-electron chi connectivity index (χ4n) is 4.11. The van der Waals surface area contributed by atoms with E-state index < -0.39 is 16.1 Å². The summed E-state index contributed by atoms with van der Waals surface area (Å²) in [6, 6.07) is 3.09. The number of carbonyl (C=O) groups is 2. The van der Waals surface area contributed by atoms with Crippen molar-refractivity contribution < 1.29 is 22.7 Å². The first-order chi connectivity index (χ1) is 12.8. The number of nitrogens with zero attached hydrogens (tertiary/aromatic N) is 3. The summed E-state index contributed by atoms with van der Waals surface area (Å²) < 4.78 is 32.1. The molecular formula is C18H27N3O5S. The molecule has 150 valence electrons. The Labute approximate surface area is 160 Å². The van der Waals surface area contributed by atoms with E-state index in [1.165, 1.54) is 17.7 Å². The van der Waals surface area contributed by atoms with Crippen LogP contribution in [0.4, 0.5) is 0 Å². The van der Waals surface area contributed by atoms with Crippen molar-refractivity contribution >= 4 is 21.9 Å². The van der Waals surface area contributed by atoms with Crippen LogP contribution in [0.1, 0.15) is 48.6 Å². The van der Waals surface area contributed by atoms with Crippen molar-refractivity contribution in [2.24, 2.45) is 0 Å². The Morgan fingerprint density at radius 1 is 1.11 bits per heavy atom. The van der Waals surface area contributed by atoms with Crippen molar-refractivity contribution in [1.29, 1.82) is 0 Å². The lowest BCUT2D eigenvalue weighted by Gasteiger charge is -2.39. The van der Waals surface area contributed by atoms with Gasteiger partial charge in [0, 0.05) is 31.9 Å². The SMILES string of the molecule is COC(=O)c1cccn1C1CCN(C(=O)C2CCCCN2S(C)(=O)=O)CC1. The number of piperidine rings is 2. The zero-order valence-electron chi connectivity index (χ0n) is 15.8. The summed E-state index contributed by atoms with van der Waals surface area (Å²) in [4.78, 5) is 26.6. The van der Waals surface area contributed by atoms with E-state index in [0.29, 0.717) is 31.7 Å². The zero-order chi connectivity index (χ0) is 19.6. The first kappa shape index (κ1) is 19.9. The Morgan fingerprint density at radius 2 is 1.81 bits per heavy atom. The molecule has 0 radical (unpaired) electrons. The predicted octanol–water partition coefficient (Wildman–Crippen LogP) is 1.25. The van der Waals surface area contributed by atoms with Crippen molar-refractivity contribution in [3.05, 3.63) is 24.0 Å². The Kier molecular flexibility index (Phi) is 5.90. The van der Waals surface area contributed by atoms with E-state index in [1.54, 1.807) is 11.0 Å². The van der Waals surface area contributed by atoms with Gasteiger partial charge in [0.2, 0.25) is 15.9 Å². The Hall–Kier alpha value is -1.87. The van der Waals surface area contributed by atoms with Crippen molar-refractivity contribution in [3.63, 3.8) is 0 Å². The maximum Gasteiger partial charge on any atom is 0.354 e. The monoisotopic (exact) mass is 397 g/mol. The van der Waals surface area contributed by atoms with Crippen LogP contribution in [0.3, 0.4) is 0 Å². The minimum Gasteiger partial charge on any atom is -0.464 e. The smallest absolute Gasteiger partial charge is 0.354 e. The molecule has 1 atom stereocenters. The lowest BCUT2D eigenvalue weighted by atomic mass is 10.00.